The number of nitrogens with zero attached hydrogens (tertiary/aromatic N) is 1. The van der Waals surface area contributed by atoms with Crippen molar-refractivity contribution in [3.05, 3.63) is 34.9 Å². The number of carbonyl (C=O) groups is 1. The van der Waals surface area contributed by atoms with Crippen molar-refractivity contribution in [2.24, 2.45) is 5.92 Å². The first-order valence-electron chi connectivity index (χ1n) is 6.82. The summed E-state index contributed by atoms with van der Waals surface area (Å²) in [6.07, 6.45) is 2.08. The number of benzene rings is 1. The summed E-state index contributed by atoms with van der Waals surface area (Å²) >= 11 is 5.77. The lowest BCUT2D eigenvalue weighted by Crippen LogP contribution is -2.28. The van der Waals surface area contributed by atoms with E-state index in [4.69, 9.17) is 16.3 Å². The predicted molar refractivity (Wildman–Crippen MR) is 74.3 cm³/mol. The molecule has 3 rings (SSSR count). The topological polar surface area (TPSA) is 29.5 Å². The molecule has 0 radical (unpaired) electrons. The van der Waals surface area contributed by atoms with Crippen LogP contribution in [-0.4, -0.2) is 29.8 Å². The van der Waals surface area contributed by atoms with Gasteiger partial charge < -0.3 is 9.64 Å². The molecule has 2 aliphatic rings. The first-order chi connectivity index (χ1) is 9.28. The molecule has 2 heterocycles. The molecule has 0 aliphatic carbocycles. The van der Waals surface area contributed by atoms with Crippen LogP contribution in [0.1, 0.15) is 34.3 Å². The second kappa shape index (κ2) is 5.51. The first kappa shape index (κ1) is 12.9. The van der Waals surface area contributed by atoms with Gasteiger partial charge in [-0.25, -0.2) is 0 Å². The Morgan fingerprint density at radius 2 is 2.21 bits per heavy atom. The van der Waals surface area contributed by atoms with Crippen LogP contribution in [0, 0.1) is 5.92 Å². The van der Waals surface area contributed by atoms with E-state index in [1.165, 1.54) is 5.56 Å². The molecule has 0 N–H and O–H groups in total. The number of likely N-dealkylation sites (tertiary alicyclic amines) is 1. The van der Waals surface area contributed by atoms with Gasteiger partial charge in [-0.05, 0) is 42.0 Å². The molecular weight excluding hydrogens is 262 g/mol. The molecule has 1 atom stereocenters. The van der Waals surface area contributed by atoms with Gasteiger partial charge in [0, 0.05) is 24.5 Å². The Hall–Kier alpha value is -1.06. The predicted octanol–water partition coefficient (Wildman–Crippen LogP) is 2.81. The number of amides is 1. The average molecular weight is 280 g/mol. The maximum Gasteiger partial charge on any atom is 0.253 e. The zero-order chi connectivity index (χ0) is 13.2. The Kier molecular flexibility index (Phi) is 3.76. The van der Waals surface area contributed by atoms with Gasteiger partial charge in [0.25, 0.3) is 5.91 Å². The minimum Gasteiger partial charge on any atom is -0.372 e. The number of halogens is 1. The van der Waals surface area contributed by atoms with Gasteiger partial charge in [0.15, 0.2) is 0 Å². The van der Waals surface area contributed by atoms with Crippen molar-refractivity contribution in [3.63, 3.8) is 0 Å². The molecule has 3 nitrogen and oxygen atoms in total. The van der Waals surface area contributed by atoms with Crippen molar-refractivity contribution >= 4 is 17.5 Å². The molecule has 0 spiro atoms. The van der Waals surface area contributed by atoms with Crippen LogP contribution < -0.4 is 0 Å². The summed E-state index contributed by atoms with van der Waals surface area (Å²) in [5, 5.41) is 0. The smallest absolute Gasteiger partial charge is 0.253 e. The highest BCUT2D eigenvalue weighted by Gasteiger charge is 2.27. The first-order valence-corrected chi connectivity index (χ1v) is 7.36. The highest BCUT2D eigenvalue weighted by atomic mass is 35.5. The number of fused-ring (bicyclic) bond motifs is 1. The molecule has 1 fully saturated rings. The van der Waals surface area contributed by atoms with Gasteiger partial charge in [-0.15, -0.1) is 11.6 Å². The molecule has 1 aromatic rings. The number of hydrogen-bond acceptors (Lipinski definition) is 2. The molecule has 1 unspecified atom stereocenters. The third-order valence-corrected chi connectivity index (χ3v) is 4.28. The van der Waals surface area contributed by atoms with E-state index in [0.29, 0.717) is 25.0 Å². The summed E-state index contributed by atoms with van der Waals surface area (Å²) < 4.78 is 5.38. The van der Waals surface area contributed by atoms with Crippen LogP contribution in [0.5, 0.6) is 0 Å². The Morgan fingerprint density at radius 1 is 1.37 bits per heavy atom. The quantitative estimate of drug-likeness (QED) is 0.797. The van der Waals surface area contributed by atoms with Crippen molar-refractivity contribution < 1.29 is 9.53 Å². The minimum absolute atomic E-state index is 0.145. The fourth-order valence-corrected chi connectivity index (χ4v) is 3.20. The summed E-state index contributed by atoms with van der Waals surface area (Å²) in [7, 11) is 0. The van der Waals surface area contributed by atoms with Crippen LogP contribution in [0.2, 0.25) is 0 Å². The lowest BCUT2D eigenvalue weighted by molar-refractivity contribution is 0.0787. The van der Waals surface area contributed by atoms with Gasteiger partial charge in [-0.1, -0.05) is 6.07 Å². The van der Waals surface area contributed by atoms with Crippen molar-refractivity contribution in [2.75, 3.05) is 19.0 Å². The minimum atomic E-state index is 0.145. The standard InChI is InChI=1S/C15H18ClNO2/c16-5-3-11-4-6-17(8-11)15(18)12-1-2-13-9-19-10-14(13)7-12/h1-2,7,11H,3-6,8-10H2. The highest BCUT2D eigenvalue weighted by molar-refractivity contribution is 6.17. The fraction of sp³-hybridized carbons (Fsp3) is 0.533. The second-order valence-corrected chi connectivity index (χ2v) is 5.74. The number of rotatable bonds is 3. The van der Waals surface area contributed by atoms with Crippen LogP contribution in [0.4, 0.5) is 0 Å². The molecule has 0 aromatic heterocycles. The molecule has 19 heavy (non-hydrogen) atoms. The summed E-state index contributed by atoms with van der Waals surface area (Å²) in [6.45, 7) is 3.00. The molecule has 1 amide bonds. The SMILES string of the molecule is O=C(c1ccc2c(c1)COC2)N1CCC(CCCl)C1. The van der Waals surface area contributed by atoms with E-state index in [0.717, 1.165) is 37.1 Å². The van der Waals surface area contributed by atoms with Crippen LogP contribution in [0.15, 0.2) is 18.2 Å². The molecule has 0 saturated carbocycles. The van der Waals surface area contributed by atoms with Crippen molar-refractivity contribution in [1.82, 2.24) is 4.90 Å². The fourth-order valence-electron chi connectivity index (χ4n) is 2.89. The number of hydrogen-bond donors (Lipinski definition) is 0. The van der Waals surface area contributed by atoms with Crippen molar-refractivity contribution in [3.8, 4) is 0 Å². The van der Waals surface area contributed by atoms with Crippen LogP contribution in [-0.2, 0) is 18.0 Å². The summed E-state index contributed by atoms with van der Waals surface area (Å²) in [6, 6.07) is 5.92. The molecular formula is C15H18ClNO2. The maximum atomic E-state index is 12.4. The zero-order valence-corrected chi connectivity index (χ0v) is 11.7. The Labute approximate surface area is 118 Å². The van der Waals surface area contributed by atoms with Gasteiger partial charge in [-0.2, -0.15) is 0 Å². The third-order valence-electron chi connectivity index (χ3n) is 4.06. The van der Waals surface area contributed by atoms with E-state index in [1.807, 2.05) is 23.1 Å². The second-order valence-electron chi connectivity index (χ2n) is 5.36. The van der Waals surface area contributed by atoms with Crippen LogP contribution >= 0.6 is 11.6 Å². The molecule has 2 aliphatic heterocycles. The lowest BCUT2D eigenvalue weighted by Gasteiger charge is -2.17. The van der Waals surface area contributed by atoms with E-state index >= 15 is 0 Å². The number of carbonyl (C=O) groups excluding carboxylic acids is 1. The molecule has 102 valence electrons. The summed E-state index contributed by atoms with van der Waals surface area (Å²) in [5.41, 5.74) is 3.15. The van der Waals surface area contributed by atoms with E-state index in [9.17, 15) is 4.79 Å². The van der Waals surface area contributed by atoms with Gasteiger partial charge in [0.2, 0.25) is 0 Å². The Balaban J connectivity index is 1.71. The monoisotopic (exact) mass is 279 g/mol. The van der Waals surface area contributed by atoms with Gasteiger partial charge in [0.05, 0.1) is 13.2 Å². The lowest BCUT2D eigenvalue weighted by atomic mass is 10.1. The normalized spacial score (nSPS) is 21.7. The summed E-state index contributed by atoms with van der Waals surface area (Å²) in [5.74, 6) is 1.40. The van der Waals surface area contributed by atoms with Crippen LogP contribution in [0.3, 0.4) is 0 Å². The maximum absolute atomic E-state index is 12.4. The van der Waals surface area contributed by atoms with Gasteiger partial charge >= 0.3 is 0 Å². The van der Waals surface area contributed by atoms with E-state index in [-0.39, 0.29) is 5.91 Å². The van der Waals surface area contributed by atoms with Gasteiger partial charge in [-0.3, -0.25) is 4.79 Å². The summed E-state index contributed by atoms with van der Waals surface area (Å²) in [4.78, 5) is 14.4. The van der Waals surface area contributed by atoms with Crippen LogP contribution in [0.25, 0.3) is 0 Å². The largest absolute Gasteiger partial charge is 0.372 e. The number of ether oxygens (including phenoxy) is 1. The molecule has 1 aromatic carbocycles. The van der Waals surface area contributed by atoms with E-state index < -0.39 is 0 Å². The van der Waals surface area contributed by atoms with Gasteiger partial charge in [0.1, 0.15) is 0 Å². The Bertz CT molecular complexity index is 489. The zero-order valence-electron chi connectivity index (χ0n) is 10.9. The molecule has 0 bridgehead atoms. The highest BCUT2D eigenvalue weighted by Crippen LogP contribution is 2.25. The van der Waals surface area contributed by atoms with E-state index in [2.05, 4.69) is 0 Å². The Morgan fingerprint density at radius 3 is 3.05 bits per heavy atom. The van der Waals surface area contributed by atoms with Crippen molar-refractivity contribution in [2.45, 2.75) is 26.1 Å². The average Bonchev–Trinajstić information content (AvgIpc) is 3.05. The molecule has 1 saturated heterocycles. The van der Waals surface area contributed by atoms with E-state index in [1.54, 1.807) is 0 Å². The van der Waals surface area contributed by atoms with Crippen molar-refractivity contribution in [1.29, 1.82) is 0 Å². The number of alkyl halides is 1. The third kappa shape index (κ3) is 2.63. The molecule has 4 heteroatoms.